The molecule has 12 heteroatoms. The number of aromatic nitrogens is 3. The summed E-state index contributed by atoms with van der Waals surface area (Å²) in [6.07, 6.45) is 9.72. The van der Waals surface area contributed by atoms with Crippen molar-refractivity contribution >= 4 is 29.1 Å². The van der Waals surface area contributed by atoms with Gasteiger partial charge in [-0.25, -0.2) is 14.8 Å². The highest BCUT2D eigenvalue weighted by Crippen LogP contribution is 2.35. The van der Waals surface area contributed by atoms with Crippen LogP contribution in [0.3, 0.4) is 0 Å². The monoisotopic (exact) mass is 624 g/mol. The quantitative estimate of drug-likeness (QED) is 0.191. The Kier molecular flexibility index (Phi) is 11.3. The Hall–Kier alpha value is -3.61. The molecule has 2 heterocycles. The van der Waals surface area contributed by atoms with E-state index < -0.39 is 47.1 Å². The zero-order valence-electron chi connectivity index (χ0n) is 25.6. The van der Waals surface area contributed by atoms with Crippen LogP contribution in [-0.2, 0) is 32.8 Å². The van der Waals surface area contributed by atoms with Crippen LogP contribution < -0.4 is 16.4 Å². The number of H-pyrrole nitrogens is 1. The first-order valence-corrected chi connectivity index (χ1v) is 16.1. The fourth-order valence-corrected chi connectivity index (χ4v) is 6.49. The topological polar surface area (TPSA) is 172 Å². The number of alkyl carbamates (subject to hydrolysis) is 1. The maximum atomic E-state index is 14.5. The number of thiazole rings is 1. The van der Waals surface area contributed by atoms with Gasteiger partial charge in [0.15, 0.2) is 11.4 Å². The smallest absolute Gasteiger partial charge is 0.408 e. The van der Waals surface area contributed by atoms with E-state index in [0.29, 0.717) is 12.1 Å². The molecule has 1 aliphatic rings. The molecule has 4 atom stereocenters. The van der Waals surface area contributed by atoms with Crippen molar-refractivity contribution in [2.75, 3.05) is 0 Å². The number of amides is 2. The van der Waals surface area contributed by atoms with Crippen LogP contribution in [0.5, 0.6) is 0 Å². The van der Waals surface area contributed by atoms with E-state index in [2.05, 4.69) is 25.6 Å². The molecule has 1 saturated carbocycles. The lowest BCUT2D eigenvalue weighted by Gasteiger charge is -2.36. The first kappa shape index (κ1) is 33.3. The average molecular weight is 625 g/mol. The molecule has 0 radical (unpaired) electrons. The van der Waals surface area contributed by atoms with Crippen LogP contribution in [0.15, 0.2) is 54.4 Å². The van der Waals surface area contributed by atoms with Gasteiger partial charge in [0.1, 0.15) is 16.7 Å². The number of nitrogens with two attached hydrogens (primary N) is 1. The van der Waals surface area contributed by atoms with Gasteiger partial charge in [0.05, 0.1) is 12.4 Å². The second-order valence-electron chi connectivity index (χ2n) is 12.5. The van der Waals surface area contributed by atoms with Gasteiger partial charge in [-0.3, -0.25) is 9.59 Å². The Morgan fingerprint density at radius 2 is 1.82 bits per heavy atom. The van der Waals surface area contributed by atoms with Gasteiger partial charge >= 0.3 is 6.09 Å². The maximum absolute atomic E-state index is 14.5. The zero-order valence-corrected chi connectivity index (χ0v) is 26.4. The van der Waals surface area contributed by atoms with Crippen molar-refractivity contribution in [1.82, 2.24) is 25.6 Å². The third-order valence-electron chi connectivity index (χ3n) is 7.88. The molecule has 0 saturated heterocycles. The van der Waals surface area contributed by atoms with Crippen molar-refractivity contribution in [3.05, 3.63) is 70.7 Å². The second-order valence-corrected chi connectivity index (χ2v) is 13.4. The molecule has 11 nitrogen and oxygen atoms in total. The molecule has 0 unspecified atom stereocenters. The van der Waals surface area contributed by atoms with E-state index in [9.17, 15) is 19.5 Å². The molecule has 2 aromatic heterocycles. The summed E-state index contributed by atoms with van der Waals surface area (Å²) in [5.74, 6) is -0.999. The number of imidazole rings is 1. The summed E-state index contributed by atoms with van der Waals surface area (Å²) < 4.78 is 5.43. The SMILES string of the molecule is CC(C)(C)OC(=O)N[C@@H](Cc1ccccc1)C(=O)N[C@@H](Cc1cnc[nH]1)C(=O)[C@@](O)(c1nccs1)[C@@H](N)CC1CCCCC1. The third-order valence-corrected chi connectivity index (χ3v) is 8.78. The van der Waals surface area contributed by atoms with Gasteiger partial charge in [0.2, 0.25) is 5.91 Å². The molecule has 0 spiro atoms. The molecule has 4 rings (SSSR count). The van der Waals surface area contributed by atoms with Crippen molar-refractivity contribution in [2.24, 2.45) is 11.7 Å². The lowest BCUT2D eigenvalue weighted by atomic mass is 9.77. The Balaban J connectivity index is 1.63. The van der Waals surface area contributed by atoms with Crippen molar-refractivity contribution in [3.8, 4) is 0 Å². The van der Waals surface area contributed by atoms with E-state index in [-0.39, 0.29) is 23.8 Å². The molecule has 238 valence electrons. The van der Waals surface area contributed by atoms with E-state index in [1.54, 1.807) is 32.3 Å². The van der Waals surface area contributed by atoms with E-state index in [4.69, 9.17) is 10.5 Å². The molecular weight excluding hydrogens is 580 g/mol. The number of hydrogen-bond donors (Lipinski definition) is 5. The van der Waals surface area contributed by atoms with Crippen molar-refractivity contribution < 1.29 is 24.2 Å². The molecule has 1 fully saturated rings. The molecular formula is C32H44N6O5S. The molecule has 1 aromatic carbocycles. The first-order chi connectivity index (χ1) is 21.0. The predicted molar refractivity (Wildman–Crippen MR) is 168 cm³/mol. The number of Topliss-reactive ketones (excluding diaryl/α,β-unsaturated/α-hetero) is 1. The maximum Gasteiger partial charge on any atom is 0.408 e. The Bertz CT molecular complexity index is 1340. The Morgan fingerprint density at radius 1 is 1.09 bits per heavy atom. The number of ketones is 1. The van der Waals surface area contributed by atoms with Crippen molar-refractivity contribution in [1.29, 1.82) is 0 Å². The number of hydrogen-bond acceptors (Lipinski definition) is 9. The lowest BCUT2D eigenvalue weighted by Crippen LogP contribution is -2.61. The van der Waals surface area contributed by atoms with E-state index in [1.165, 1.54) is 18.9 Å². The largest absolute Gasteiger partial charge is 0.444 e. The fraction of sp³-hybridized carbons (Fsp3) is 0.531. The number of ether oxygens (including phenoxy) is 1. The fourth-order valence-electron chi connectivity index (χ4n) is 5.68. The number of nitrogens with one attached hydrogen (secondary N) is 3. The van der Waals surface area contributed by atoms with E-state index in [1.807, 2.05) is 30.3 Å². The first-order valence-electron chi connectivity index (χ1n) is 15.2. The highest BCUT2D eigenvalue weighted by atomic mass is 32.1. The number of nitrogens with zero attached hydrogens (tertiary/aromatic N) is 2. The summed E-state index contributed by atoms with van der Waals surface area (Å²) in [6.45, 7) is 5.19. The molecule has 2 amide bonds. The van der Waals surface area contributed by atoms with Gasteiger partial charge in [-0.15, -0.1) is 11.3 Å². The van der Waals surface area contributed by atoms with Gasteiger partial charge < -0.3 is 31.2 Å². The molecule has 3 aromatic rings. The number of rotatable bonds is 13. The minimum absolute atomic E-state index is 0.0128. The zero-order chi connectivity index (χ0) is 31.7. The predicted octanol–water partition coefficient (Wildman–Crippen LogP) is 3.78. The third kappa shape index (κ3) is 8.96. The number of carbonyl (C=O) groups excluding carboxylic acids is 3. The minimum atomic E-state index is -2.14. The van der Waals surface area contributed by atoms with Crippen LogP contribution in [-0.4, -0.2) is 61.6 Å². The van der Waals surface area contributed by atoms with Crippen LogP contribution in [0.4, 0.5) is 4.79 Å². The number of carbonyl (C=O) groups is 3. The summed E-state index contributed by atoms with van der Waals surface area (Å²) in [7, 11) is 0. The Labute approximate surface area is 262 Å². The van der Waals surface area contributed by atoms with Gasteiger partial charge in [-0.1, -0.05) is 62.4 Å². The van der Waals surface area contributed by atoms with Crippen LogP contribution >= 0.6 is 11.3 Å². The van der Waals surface area contributed by atoms with Crippen LogP contribution in [0.2, 0.25) is 0 Å². The summed E-state index contributed by atoms with van der Waals surface area (Å²) >= 11 is 1.15. The highest BCUT2D eigenvalue weighted by molar-refractivity contribution is 7.09. The van der Waals surface area contributed by atoms with Gasteiger partial charge in [0, 0.05) is 42.4 Å². The summed E-state index contributed by atoms with van der Waals surface area (Å²) in [5, 5.41) is 19.6. The second kappa shape index (κ2) is 14.9. The number of aliphatic hydroxyl groups is 1. The van der Waals surface area contributed by atoms with Crippen molar-refractivity contribution in [3.63, 3.8) is 0 Å². The standard InChI is InChI=1S/C32H44N6O5S/c1-31(2,3)43-30(41)38-25(16-21-10-6-4-7-11-21)28(40)37-24(18-23-19-34-20-36-23)27(39)32(42,29-35-14-15-44-29)26(33)17-22-12-8-5-9-13-22/h4,6-7,10-11,14-15,19-20,22,24-26,42H,5,8-9,12-13,16-18,33H2,1-3H3,(H,34,36)(H,37,40)(H,38,41)/t24-,25-,26-,32+/m0/s1. The normalized spacial score (nSPS) is 17.6. The minimum Gasteiger partial charge on any atom is -0.444 e. The highest BCUT2D eigenvalue weighted by Gasteiger charge is 2.50. The number of benzene rings is 1. The molecule has 0 bridgehead atoms. The van der Waals surface area contributed by atoms with Gasteiger partial charge in [0.25, 0.3) is 0 Å². The van der Waals surface area contributed by atoms with Crippen LogP contribution in [0.1, 0.15) is 75.6 Å². The lowest BCUT2D eigenvalue weighted by molar-refractivity contribution is -0.145. The Morgan fingerprint density at radius 3 is 2.43 bits per heavy atom. The van der Waals surface area contributed by atoms with Gasteiger partial charge in [-0.05, 0) is 38.7 Å². The van der Waals surface area contributed by atoms with E-state index in [0.717, 1.165) is 42.6 Å². The van der Waals surface area contributed by atoms with Crippen molar-refractivity contribution in [2.45, 2.75) is 101 Å². The molecule has 1 aliphatic carbocycles. The summed E-state index contributed by atoms with van der Waals surface area (Å²) in [4.78, 5) is 52.5. The average Bonchev–Trinajstić information content (AvgIpc) is 3.71. The van der Waals surface area contributed by atoms with Gasteiger partial charge in [-0.2, -0.15) is 0 Å². The molecule has 6 N–H and O–H groups in total. The van der Waals surface area contributed by atoms with E-state index >= 15 is 0 Å². The van der Waals surface area contributed by atoms with Crippen LogP contribution in [0, 0.1) is 5.92 Å². The molecule has 0 aliphatic heterocycles. The summed E-state index contributed by atoms with van der Waals surface area (Å²) in [5.41, 5.74) is 5.14. The molecule has 44 heavy (non-hydrogen) atoms. The number of aromatic amines is 1. The van der Waals surface area contributed by atoms with Crippen LogP contribution in [0.25, 0.3) is 0 Å². The summed E-state index contributed by atoms with van der Waals surface area (Å²) in [6, 6.07) is 5.99.